The molecule has 1 atom stereocenters. The maximum absolute atomic E-state index is 6.22. The minimum absolute atomic E-state index is 0.130. The largest absolute Gasteiger partial charge is 0.486 e. The fraction of sp³-hybridized carbons (Fsp3) is 0.625. The van der Waals surface area contributed by atoms with E-state index in [0.29, 0.717) is 0 Å². The number of rotatable bonds is 7. The van der Waals surface area contributed by atoms with Gasteiger partial charge in [0.15, 0.2) is 0 Å². The first kappa shape index (κ1) is 15.0. The van der Waals surface area contributed by atoms with Gasteiger partial charge in [0.25, 0.3) is 0 Å². The maximum Gasteiger partial charge on any atom is 0.123 e. The molecule has 0 radical (unpaired) electrons. The standard InChI is InChI=1S/C16H27NO/c1-6-10-17-12-16(5,7-2)18-15-9-8-13(3)11-14(15)4/h8-9,11,17H,6-7,10,12H2,1-5H3. The summed E-state index contributed by atoms with van der Waals surface area (Å²) in [6.45, 7) is 12.7. The molecule has 1 aromatic carbocycles. The molecule has 1 N–H and O–H groups in total. The molecular weight excluding hydrogens is 222 g/mol. The summed E-state index contributed by atoms with van der Waals surface area (Å²) in [4.78, 5) is 0. The zero-order valence-corrected chi connectivity index (χ0v) is 12.5. The third kappa shape index (κ3) is 4.34. The van der Waals surface area contributed by atoms with Gasteiger partial charge in [0.1, 0.15) is 11.4 Å². The second-order valence-corrected chi connectivity index (χ2v) is 5.35. The molecule has 102 valence electrons. The van der Waals surface area contributed by atoms with E-state index in [-0.39, 0.29) is 5.60 Å². The summed E-state index contributed by atoms with van der Waals surface area (Å²) in [5.74, 6) is 1.00. The Morgan fingerprint density at radius 3 is 2.50 bits per heavy atom. The maximum atomic E-state index is 6.22. The van der Waals surface area contributed by atoms with Crippen molar-refractivity contribution in [1.82, 2.24) is 5.32 Å². The highest BCUT2D eigenvalue weighted by atomic mass is 16.5. The van der Waals surface area contributed by atoms with Crippen LogP contribution in [0.4, 0.5) is 0 Å². The van der Waals surface area contributed by atoms with Gasteiger partial charge in [-0.05, 0) is 51.8 Å². The summed E-state index contributed by atoms with van der Waals surface area (Å²) < 4.78 is 6.22. The van der Waals surface area contributed by atoms with E-state index in [1.807, 2.05) is 0 Å². The molecule has 0 fully saturated rings. The topological polar surface area (TPSA) is 21.3 Å². The summed E-state index contributed by atoms with van der Waals surface area (Å²) in [6.07, 6.45) is 2.15. The second kappa shape index (κ2) is 6.79. The average Bonchev–Trinajstić information content (AvgIpc) is 2.33. The molecule has 0 aliphatic carbocycles. The first-order valence-corrected chi connectivity index (χ1v) is 6.97. The Kier molecular flexibility index (Phi) is 5.67. The Morgan fingerprint density at radius 2 is 1.94 bits per heavy atom. The number of hydrogen-bond acceptors (Lipinski definition) is 2. The number of benzene rings is 1. The van der Waals surface area contributed by atoms with Crippen molar-refractivity contribution in [2.75, 3.05) is 13.1 Å². The van der Waals surface area contributed by atoms with Crippen molar-refractivity contribution in [3.8, 4) is 5.75 Å². The lowest BCUT2D eigenvalue weighted by molar-refractivity contribution is 0.0829. The van der Waals surface area contributed by atoms with Crippen molar-refractivity contribution in [3.63, 3.8) is 0 Å². The first-order valence-electron chi connectivity index (χ1n) is 6.97. The molecule has 0 aliphatic heterocycles. The molecule has 0 bridgehead atoms. The van der Waals surface area contributed by atoms with E-state index < -0.39 is 0 Å². The summed E-state index contributed by atoms with van der Waals surface area (Å²) >= 11 is 0. The third-order valence-electron chi connectivity index (χ3n) is 3.36. The number of ether oxygens (including phenoxy) is 1. The summed E-state index contributed by atoms with van der Waals surface area (Å²) in [7, 11) is 0. The predicted octanol–water partition coefficient (Wildman–Crippen LogP) is 3.85. The molecule has 2 heteroatoms. The molecule has 0 aliphatic rings. The molecule has 1 aromatic rings. The van der Waals surface area contributed by atoms with Crippen LogP contribution >= 0.6 is 0 Å². The predicted molar refractivity (Wildman–Crippen MR) is 78.4 cm³/mol. The van der Waals surface area contributed by atoms with Crippen LogP contribution in [0.5, 0.6) is 5.75 Å². The lowest BCUT2D eigenvalue weighted by Crippen LogP contribution is -2.43. The van der Waals surface area contributed by atoms with Crippen LogP contribution in [0, 0.1) is 13.8 Å². The van der Waals surface area contributed by atoms with Crippen LogP contribution in [-0.2, 0) is 0 Å². The van der Waals surface area contributed by atoms with Gasteiger partial charge in [-0.15, -0.1) is 0 Å². The quantitative estimate of drug-likeness (QED) is 0.741. The van der Waals surface area contributed by atoms with Crippen molar-refractivity contribution in [3.05, 3.63) is 29.3 Å². The van der Waals surface area contributed by atoms with Crippen LogP contribution in [0.15, 0.2) is 18.2 Å². The van der Waals surface area contributed by atoms with E-state index in [1.165, 1.54) is 11.1 Å². The molecule has 2 nitrogen and oxygen atoms in total. The molecular formula is C16H27NO. The average molecular weight is 249 g/mol. The Labute approximate surface area is 112 Å². The van der Waals surface area contributed by atoms with Gasteiger partial charge in [-0.3, -0.25) is 0 Å². The number of nitrogens with one attached hydrogen (secondary N) is 1. The van der Waals surface area contributed by atoms with Crippen molar-refractivity contribution >= 4 is 0 Å². The van der Waals surface area contributed by atoms with E-state index in [2.05, 4.69) is 58.1 Å². The van der Waals surface area contributed by atoms with Gasteiger partial charge in [0.05, 0.1) is 0 Å². The van der Waals surface area contributed by atoms with Crippen LogP contribution in [0.1, 0.15) is 44.7 Å². The van der Waals surface area contributed by atoms with Gasteiger partial charge in [-0.1, -0.05) is 31.5 Å². The van der Waals surface area contributed by atoms with Crippen LogP contribution in [0.3, 0.4) is 0 Å². The van der Waals surface area contributed by atoms with Gasteiger partial charge in [0.2, 0.25) is 0 Å². The zero-order valence-electron chi connectivity index (χ0n) is 12.5. The number of hydrogen-bond donors (Lipinski definition) is 1. The first-order chi connectivity index (χ1) is 8.50. The molecule has 0 heterocycles. The van der Waals surface area contributed by atoms with E-state index >= 15 is 0 Å². The van der Waals surface area contributed by atoms with E-state index in [0.717, 1.165) is 31.7 Å². The Hall–Kier alpha value is -1.02. The highest BCUT2D eigenvalue weighted by Gasteiger charge is 2.24. The van der Waals surface area contributed by atoms with Crippen molar-refractivity contribution in [1.29, 1.82) is 0 Å². The zero-order chi connectivity index (χ0) is 13.6. The van der Waals surface area contributed by atoms with Gasteiger partial charge in [-0.25, -0.2) is 0 Å². The van der Waals surface area contributed by atoms with Crippen LogP contribution < -0.4 is 10.1 Å². The van der Waals surface area contributed by atoms with Crippen LogP contribution in [0.25, 0.3) is 0 Å². The Balaban J connectivity index is 2.71. The molecule has 0 saturated carbocycles. The lowest BCUT2D eigenvalue weighted by atomic mass is 10.0. The summed E-state index contributed by atoms with van der Waals surface area (Å²) in [6, 6.07) is 6.36. The van der Waals surface area contributed by atoms with Crippen LogP contribution in [-0.4, -0.2) is 18.7 Å². The fourth-order valence-electron chi connectivity index (χ4n) is 1.94. The number of aryl methyl sites for hydroxylation is 2. The Bertz CT molecular complexity index is 375. The third-order valence-corrected chi connectivity index (χ3v) is 3.36. The smallest absolute Gasteiger partial charge is 0.123 e. The van der Waals surface area contributed by atoms with Crippen molar-refractivity contribution in [2.45, 2.75) is 53.1 Å². The molecule has 0 saturated heterocycles. The second-order valence-electron chi connectivity index (χ2n) is 5.35. The van der Waals surface area contributed by atoms with Crippen LogP contribution in [0.2, 0.25) is 0 Å². The molecule has 18 heavy (non-hydrogen) atoms. The van der Waals surface area contributed by atoms with Gasteiger partial charge < -0.3 is 10.1 Å². The highest BCUT2D eigenvalue weighted by Crippen LogP contribution is 2.25. The fourth-order valence-corrected chi connectivity index (χ4v) is 1.94. The monoisotopic (exact) mass is 249 g/mol. The summed E-state index contributed by atoms with van der Waals surface area (Å²) in [5, 5.41) is 3.45. The molecule has 0 spiro atoms. The highest BCUT2D eigenvalue weighted by molar-refractivity contribution is 5.36. The van der Waals surface area contributed by atoms with Crippen molar-refractivity contribution in [2.24, 2.45) is 0 Å². The SMILES string of the molecule is CCCNCC(C)(CC)Oc1ccc(C)cc1C. The molecule has 1 rings (SSSR count). The van der Waals surface area contributed by atoms with Crippen molar-refractivity contribution < 1.29 is 4.74 Å². The minimum Gasteiger partial charge on any atom is -0.486 e. The van der Waals surface area contributed by atoms with E-state index in [4.69, 9.17) is 4.74 Å². The van der Waals surface area contributed by atoms with Gasteiger partial charge in [0, 0.05) is 6.54 Å². The van der Waals surface area contributed by atoms with E-state index in [9.17, 15) is 0 Å². The summed E-state index contributed by atoms with van der Waals surface area (Å²) in [5.41, 5.74) is 2.36. The molecule has 0 amide bonds. The Morgan fingerprint density at radius 1 is 1.22 bits per heavy atom. The molecule has 0 aromatic heterocycles. The minimum atomic E-state index is -0.130. The van der Waals surface area contributed by atoms with Gasteiger partial charge in [-0.2, -0.15) is 0 Å². The van der Waals surface area contributed by atoms with Gasteiger partial charge >= 0.3 is 0 Å². The molecule has 1 unspecified atom stereocenters. The normalized spacial score (nSPS) is 14.3. The van der Waals surface area contributed by atoms with E-state index in [1.54, 1.807) is 0 Å². The lowest BCUT2D eigenvalue weighted by Gasteiger charge is -2.31.